The van der Waals surface area contributed by atoms with Crippen molar-refractivity contribution in [1.29, 1.82) is 0 Å². The molecule has 1 aliphatic rings. The molecule has 4 nitrogen and oxygen atoms in total. The largest absolute Gasteiger partial charge is 0.388 e. The highest BCUT2D eigenvalue weighted by Gasteiger charge is 2.27. The first-order chi connectivity index (χ1) is 6.99. The minimum atomic E-state index is -0.775. The van der Waals surface area contributed by atoms with Crippen LogP contribution in [-0.4, -0.2) is 49.2 Å². The van der Waals surface area contributed by atoms with Crippen LogP contribution in [0.2, 0.25) is 0 Å². The van der Waals surface area contributed by atoms with Crippen LogP contribution < -0.4 is 5.32 Å². The fraction of sp³-hybridized carbons (Fsp3) is 1.00. The summed E-state index contributed by atoms with van der Waals surface area (Å²) in [6.45, 7) is 8.44. The van der Waals surface area contributed by atoms with Crippen LogP contribution in [0, 0.1) is 0 Å². The Bertz CT molecular complexity index is 177. The fourth-order valence-electron chi connectivity index (χ4n) is 1.69. The van der Waals surface area contributed by atoms with Gasteiger partial charge in [-0.25, -0.2) is 0 Å². The molecule has 1 fully saturated rings. The lowest BCUT2D eigenvalue weighted by atomic mass is 9.97. The van der Waals surface area contributed by atoms with Gasteiger partial charge in [-0.05, 0) is 27.2 Å². The van der Waals surface area contributed by atoms with E-state index < -0.39 is 5.60 Å². The third-order valence-corrected chi connectivity index (χ3v) is 2.41. The van der Waals surface area contributed by atoms with Crippen LogP contribution in [0.5, 0.6) is 0 Å². The lowest BCUT2D eigenvalue weighted by molar-refractivity contribution is -0.0700. The summed E-state index contributed by atoms with van der Waals surface area (Å²) in [5.74, 6) is 0. The molecule has 0 radical (unpaired) electrons. The van der Waals surface area contributed by atoms with Crippen LogP contribution >= 0.6 is 0 Å². The van der Waals surface area contributed by atoms with Crippen LogP contribution in [0.1, 0.15) is 27.2 Å². The number of hydrogen-bond donors (Lipinski definition) is 2. The van der Waals surface area contributed by atoms with Gasteiger partial charge in [-0.2, -0.15) is 0 Å². The van der Waals surface area contributed by atoms with Crippen molar-refractivity contribution < 1.29 is 14.6 Å². The molecule has 2 atom stereocenters. The average molecular weight is 217 g/mol. The van der Waals surface area contributed by atoms with E-state index >= 15 is 0 Å². The Morgan fingerprint density at radius 1 is 1.60 bits per heavy atom. The third kappa shape index (κ3) is 5.47. The number of nitrogens with one attached hydrogen (secondary N) is 1. The maximum atomic E-state index is 10.1. The van der Waals surface area contributed by atoms with Crippen molar-refractivity contribution in [2.75, 3.05) is 26.4 Å². The molecule has 0 aromatic carbocycles. The van der Waals surface area contributed by atoms with Gasteiger partial charge in [0.2, 0.25) is 0 Å². The molecule has 2 N–H and O–H groups in total. The monoisotopic (exact) mass is 217 g/mol. The Hall–Kier alpha value is -0.160. The summed E-state index contributed by atoms with van der Waals surface area (Å²) in [7, 11) is 0. The maximum absolute atomic E-state index is 10.1. The number of morpholine rings is 1. The molecule has 1 aliphatic heterocycles. The van der Waals surface area contributed by atoms with E-state index in [1.54, 1.807) is 0 Å². The van der Waals surface area contributed by atoms with E-state index in [4.69, 9.17) is 9.47 Å². The summed E-state index contributed by atoms with van der Waals surface area (Å²) in [5.41, 5.74) is -0.775. The average Bonchev–Trinajstić information content (AvgIpc) is 2.16. The van der Waals surface area contributed by atoms with Crippen LogP contribution in [0.15, 0.2) is 0 Å². The molecule has 0 spiro atoms. The van der Waals surface area contributed by atoms with Crippen molar-refractivity contribution in [3.05, 3.63) is 0 Å². The van der Waals surface area contributed by atoms with Gasteiger partial charge >= 0.3 is 0 Å². The smallest absolute Gasteiger partial charge is 0.0868 e. The van der Waals surface area contributed by atoms with Gasteiger partial charge in [0, 0.05) is 12.6 Å². The SMILES string of the molecule is CC(C)OCC(C)(O)CC1COCCN1. The first-order valence-electron chi connectivity index (χ1n) is 5.65. The Labute approximate surface area is 92.0 Å². The number of ether oxygens (including phenoxy) is 2. The molecule has 1 rings (SSSR count). The van der Waals surface area contributed by atoms with Crippen molar-refractivity contribution in [1.82, 2.24) is 5.32 Å². The molecule has 4 heteroatoms. The van der Waals surface area contributed by atoms with E-state index in [-0.39, 0.29) is 12.1 Å². The van der Waals surface area contributed by atoms with Gasteiger partial charge in [-0.15, -0.1) is 0 Å². The number of aliphatic hydroxyl groups is 1. The van der Waals surface area contributed by atoms with E-state index in [1.165, 1.54) is 0 Å². The van der Waals surface area contributed by atoms with Gasteiger partial charge in [-0.1, -0.05) is 0 Å². The zero-order valence-corrected chi connectivity index (χ0v) is 9.95. The van der Waals surface area contributed by atoms with E-state index in [1.807, 2.05) is 20.8 Å². The third-order valence-electron chi connectivity index (χ3n) is 2.41. The number of rotatable bonds is 5. The highest BCUT2D eigenvalue weighted by atomic mass is 16.5. The topological polar surface area (TPSA) is 50.7 Å². The Balaban J connectivity index is 2.26. The maximum Gasteiger partial charge on any atom is 0.0868 e. The standard InChI is InChI=1S/C11H23NO3/c1-9(2)15-8-11(3,13)6-10-7-14-5-4-12-10/h9-10,12-13H,4-8H2,1-3H3. The zero-order valence-electron chi connectivity index (χ0n) is 9.95. The summed E-state index contributed by atoms with van der Waals surface area (Å²) >= 11 is 0. The van der Waals surface area contributed by atoms with Crippen LogP contribution in [0.3, 0.4) is 0 Å². The summed E-state index contributed by atoms with van der Waals surface area (Å²) in [4.78, 5) is 0. The summed E-state index contributed by atoms with van der Waals surface area (Å²) in [6, 6.07) is 0.240. The van der Waals surface area contributed by atoms with E-state index in [0.29, 0.717) is 19.6 Å². The molecule has 0 aromatic heterocycles. The second-order valence-corrected chi connectivity index (χ2v) is 4.79. The second-order valence-electron chi connectivity index (χ2n) is 4.79. The van der Waals surface area contributed by atoms with Crippen molar-refractivity contribution in [2.24, 2.45) is 0 Å². The number of hydrogen-bond acceptors (Lipinski definition) is 4. The normalized spacial score (nSPS) is 26.6. The Kier molecular flexibility index (Phi) is 4.99. The molecular formula is C11H23NO3. The van der Waals surface area contributed by atoms with E-state index in [2.05, 4.69) is 5.32 Å². The zero-order chi connectivity index (χ0) is 11.3. The predicted molar refractivity (Wildman–Crippen MR) is 58.9 cm³/mol. The molecule has 0 saturated carbocycles. The molecular weight excluding hydrogens is 194 g/mol. The van der Waals surface area contributed by atoms with E-state index in [9.17, 15) is 5.11 Å². The first-order valence-corrected chi connectivity index (χ1v) is 5.65. The molecule has 1 saturated heterocycles. The van der Waals surface area contributed by atoms with Crippen LogP contribution in [0.4, 0.5) is 0 Å². The molecule has 15 heavy (non-hydrogen) atoms. The Morgan fingerprint density at radius 2 is 2.33 bits per heavy atom. The molecule has 0 aliphatic carbocycles. The van der Waals surface area contributed by atoms with Crippen molar-refractivity contribution in [3.63, 3.8) is 0 Å². The van der Waals surface area contributed by atoms with Gasteiger partial charge in [0.05, 0.1) is 31.5 Å². The van der Waals surface area contributed by atoms with Crippen molar-refractivity contribution in [3.8, 4) is 0 Å². The fourth-order valence-corrected chi connectivity index (χ4v) is 1.69. The predicted octanol–water partition coefficient (Wildman–Crippen LogP) is 0.541. The Morgan fingerprint density at radius 3 is 2.87 bits per heavy atom. The quantitative estimate of drug-likeness (QED) is 0.706. The first kappa shape index (κ1) is 12.9. The van der Waals surface area contributed by atoms with Crippen molar-refractivity contribution in [2.45, 2.75) is 44.9 Å². The van der Waals surface area contributed by atoms with Gasteiger partial charge in [0.15, 0.2) is 0 Å². The summed E-state index contributed by atoms with van der Waals surface area (Å²) in [6.07, 6.45) is 0.826. The van der Waals surface area contributed by atoms with Gasteiger partial charge < -0.3 is 19.9 Å². The minimum absolute atomic E-state index is 0.159. The lowest BCUT2D eigenvalue weighted by Gasteiger charge is -2.31. The molecule has 0 bridgehead atoms. The minimum Gasteiger partial charge on any atom is -0.388 e. The van der Waals surface area contributed by atoms with Crippen molar-refractivity contribution >= 4 is 0 Å². The lowest BCUT2D eigenvalue weighted by Crippen LogP contribution is -2.47. The van der Waals surface area contributed by atoms with Gasteiger partial charge in [0.1, 0.15) is 0 Å². The highest BCUT2D eigenvalue weighted by molar-refractivity contribution is 4.82. The van der Waals surface area contributed by atoms with E-state index in [0.717, 1.165) is 13.2 Å². The van der Waals surface area contributed by atoms with Crippen LogP contribution in [0.25, 0.3) is 0 Å². The summed E-state index contributed by atoms with van der Waals surface area (Å²) < 4.78 is 10.8. The molecule has 1 heterocycles. The molecule has 0 aromatic rings. The highest BCUT2D eigenvalue weighted by Crippen LogP contribution is 2.15. The molecule has 2 unspecified atom stereocenters. The van der Waals surface area contributed by atoms with Gasteiger partial charge in [0.25, 0.3) is 0 Å². The molecule has 0 amide bonds. The molecule has 90 valence electrons. The van der Waals surface area contributed by atoms with Gasteiger partial charge in [-0.3, -0.25) is 0 Å². The summed E-state index contributed by atoms with van der Waals surface area (Å²) in [5, 5.41) is 13.4. The second kappa shape index (κ2) is 5.80. The van der Waals surface area contributed by atoms with Crippen LogP contribution in [-0.2, 0) is 9.47 Å².